The van der Waals surface area contributed by atoms with Crippen molar-refractivity contribution in [2.75, 3.05) is 5.32 Å². The number of rotatable bonds is 4. The van der Waals surface area contributed by atoms with Crippen molar-refractivity contribution in [3.05, 3.63) is 44.9 Å². The summed E-state index contributed by atoms with van der Waals surface area (Å²) in [7, 11) is 0. The second-order valence-electron chi connectivity index (χ2n) is 4.29. The van der Waals surface area contributed by atoms with Crippen LogP contribution in [0.25, 0.3) is 10.8 Å². The second kappa shape index (κ2) is 6.01. The van der Waals surface area contributed by atoms with Gasteiger partial charge in [-0.2, -0.15) is 0 Å². The van der Waals surface area contributed by atoms with E-state index in [9.17, 15) is 19.7 Å². The van der Waals surface area contributed by atoms with Gasteiger partial charge < -0.3 is 5.32 Å². The molecule has 0 aromatic heterocycles. The number of halogens is 1. The van der Waals surface area contributed by atoms with Crippen molar-refractivity contribution >= 4 is 49.8 Å². The number of amides is 1. The van der Waals surface area contributed by atoms with E-state index >= 15 is 0 Å². The summed E-state index contributed by atoms with van der Waals surface area (Å²) in [6.07, 6.45) is 0.0358. The maximum atomic E-state index is 11.8. The van der Waals surface area contributed by atoms with Crippen LogP contribution in [0.4, 0.5) is 11.4 Å². The van der Waals surface area contributed by atoms with Gasteiger partial charge in [-0.1, -0.05) is 31.2 Å². The second-order valence-corrected chi connectivity index (χ2v) is 5.14. The molecule has 0 saturated heterocycles. The van der Waals surface area contributed by atoms with E-state index in [1.54, 1.807) is 31.2 Å². The molecule has 0 aliphatic rings. The standard InChI is InChI=1S/C14H11BrN2O4/c1-2-12(18)14(19)16-13-9-6-4-3-5-8(9)10(15)7-11(13)17(20)21/h3-7H,2H2,1H3,(H,16,19). The highest BCUT2D eigenvalue weighted by Gasteiger charge is 2.23. The van der Waals surface area contributed by atoms with Gasteiger partial charge in [-0.05, 0) is 21.3 Å². The third-order valence-corrected chi connectivity index (χ3v) is 3.64. The van der Waals surface area contributed by atoms with Gasteiger partial charge in [0.05, 0.1) is 4.92 Å². The molecule has 0 atom stereocenters. The number of nitro benzene ring substituents is 1. The van der Waals surface area contributed by atoms with E-state index in [1.807, 2.05) is 0 Å². The summed E-state index contributed by atoms with van der Waals surface area (Å²) in [4.78, 5) is 33.8. The Morgan fingerprint density at radius 1 is 1.29 bits per heavy atom. The predicted molar refractivity (Wildman–Crippen MR) is 82.2 cm³/mol. The molecule has 1 amide bonds. The fourth-order valence-electron chi connectivity index (χ4n) is 1.94. The highest BCUT2D eigenvalue weighted by Crippen LogP contribution is 2.38. The lowest BCUT2D eigenvalue weighted by atomic mass is 10.1. The molecule has 2 rings (SSSR count). The summed E-state index contributed by atoms with van der Waals surface area (Å²) in [5.41, 5.74) is -0.233. The fraction of sp³-hybridized carbons (Fsp3) is 0.143. The summed E-state index contributed by atoms with van der Waals surface area (Å²) >= 11 is 3.27. The highest BCUT2D eigenvalue weighted by atomic mass is 79.9. The van der Waals surface area contributed by atoms with Gasteiger partial charge in [0, 0.05) is 22.3 Å². The number of ketones is 1. The van der Waals surface area contributed by atoms with Gasteiger partial charge in [0.25, 0.3) is 11.6 Å². The van der Waals surface area contributed by atoms with Crippen molar-refractivity contribution in [2.24, 2.45) is 0 Å². The average molecular weight is 351 g/mol. The van der Waals surface area contributed by atoms with Crippen LogP contribution in [0.1, 0.15) is 13.3 Å². The van der Waals surface area contributed by atoms with Crippen LogP contribution < -0.4 is 5.32 Å². The third-order valence-electron chi connectivity index (χ3n) is 2.98. The summed E-state index contributed by atoms with van der Waals surface area (Å²) in [5.74, 6) is -1.48. The zero-order valence-corrected chi connectivity index (χ0v) is 12.6. The number of hydrogen-bond donors (Lipinski definition) is 1. The minimum Gasteiger partial charge on any atom is -0.313 e. The van der Waals surface area contributed by atoms with Crippen molar-refractivity contribution in [3.8, 4) is 0 Å². The first-order valence-corrected chi connectivity index (χ1v) is 6.94. The monoisotopic (exact) mass is 350 g/mol. The molecule has 21 heavy (non-hydrogen) atoms. The van der Waals surface area contributed by atoms with Gasteiger partial charge in [-0.3, -0.25) is 19.7 Å². The first-order valence-electron chi connectivity index (χ1n) is 6.15. The van der Waals surface area contributed by atoms with Crippen LogP contribution in [0.15, 0.2) is 34.8 Å². The Morgan fingerprint density at radius 3 is 2.48 bits per heavy atom. The zero-order chi connectivity index (χ0) is 15.6. The smallest absolute Gasteiger partial charge is 0.294 e. The maximum absolute atomic E-state index is 11.8. The number of carbonyl (C=O) groups is 2. The first-order chi connectivity index (χ1) is 9.95. The topological polar surface area (TPSA) is 89.3 Å². The predicted octanol–water partition coefficient (Wildman–Crippen LogP) is 3.43. The van der Waals surface area contributed by atoms with Gasteiger partial charge >= 0.3 is 0 Å². The molecule has 0 aliphatic heterocycles. The lowest BCUT2D eigenvalue weighted by Gasteiger charge is -2.10. The minimum absolute atomic E-state index is 0.0330. The zero-order valence-electron chi connectivity index (χ0n) is 11.1. The van der Waals surface area contributed by atoms with Crippen molar-refractivity contribution in [1.82, 2.24) is 0 Å². The number of anilines is 1. The number of carbonyl (C=O) groups excluding carboxylic acids is 2. The van der Waals surface area contributed by atoms with E-state index in [0.717, 1.165) is 0 Å². The van der Waals surface area contributed by atoms with E-state index < -0.39 is 16.6 Å². The minimum atomic E-state index is -0.854. The summed E-state index contributed by atoms with van der Waals surface area (Å²) in [6.45, 7) is 1.55. The lowest BCUT2D eigenvalue weighted by molar-refractivity contribution is -0.383. The quantitative estimate of drug-likeness (QED) is 0.519. The van der Waals surface area contributed by atoms with E-state index in [4.69, 9.17) is 0 Å². The van der Waals surface area contributed by atoms with Crippen LogP contribution in [0.5, 0.6) is 0 Å². The Balaban J connectivity index is 2.66. The molecule has 0 bridgehead atoms. The molecular formula is C14H11BrN2O4. The van der Waals surface area contributed by atoms with Gasteiger partial charge in [-0.15, -0.1) is 0 Å². The van der Waals surface area contributed by atoms with E-state index in [0.29, 0.717) is 15.2 Å². The van der Waals surface area contributed by atoms with Crippen LogP contribution in [0.2, 0.25) is 0 Å². The van der Waals surface area contributed by atoms with E-state index in [-0.39, 0.29) is 17.8 Å². The third kappa shape index (κ3) is 2.92. The summed E-state index contributed by atoms with van der Waals surface area (Å²) in [5, 5.41) is 14.8. The molecular weight excluding hydrogens is 340 g/mol. The summed E-state index contributed by atoms with van der Waals surface area (Å²) in [6, 6.07) is 8.21. The van der Waals surface area contributed by atoms with Crippen LogP contribution in [-0.2, 0) is 9.59 Å². The molecule has 0 fully saturated rings. The summed E-state index contributed by atoms with van der Waals surface area (Å²) < 4.78 is 0.546. The van der Waals surface area contributed by atoms with Gasteiger partial charge in [0.15, 0.2) is 0 Å². The van der Waals surface area contributed by atoms with E-state index in [2.05, 4.69) is 21.2 Å². The van der Waals surface area contributed by atoms with Crippen molar-refractivity contribution in [3.63, 3.8) is 0 Å². The molecule has 7 heteroatoms. The Labute approximate surface area is 128 Å². The van der Waals surface area contributed by atoms with Crippen LogP contribution in [0, 0.1) is 10.1 Å². The van der Waals surface area contributed by atoms with Gasteiger partial charge in [0.1, 0.15) is 5.69 Å². The molecule has 0 unspecified atom stereocenters. The molecule has 0 saturated carbocycles. The number of nitrogens with one attached hydrogen (secondary N) is 1. The first kappa shape index (κ1) is 15.1. The Hall–Kier alpha value is -2.28. The van der Waals surface area contributed by atoms with Gasteiger partial charge in [0.2, 0.25) is 5.78 Å². The lowest BCUT2D eigenvalue weighted by Crippen LogP contribution is -2.22. The van der Waals surface area contributed by atoms with Gasteiger partial charge in [-0.25, -0.2) is 0 Å². The number of benzene rings is 2. The normalized spacial score (nSPS) is 10.4. The molecule has 2 aromatic carbocycles. The van der Waals surface area contributed by atoms with Crippen LogP contribution in [0.3, 0.4) is 0 Å². The van der Waals surface area contributed by atoms with Crippen molar-refractivity contribution < 1.29 is 14.5 Å². The molecule has 0 spiro atoms. The molecule has 0 aliphatic carbocycles. The Morgan fingerprint density at radius 2 is 1.90 bits per heavy atom. The van der Waals surface area contributed by atoms with Crippen LogP contribution >= 0.6 is 15.9 Å². The molecule has 2 aromatic rings. The highest BCUT2D eigenvalue weighted by molar-refractivity contribution is 9.10. The molecule has 0 radical (unpaired) electrons. The molecule has 6 nitrogen and oxygen atoms in total. The van der Waals surface area contributed by atoms with E-state index in [1.165, 1.54) is 6.07 Å². The largest absolute Gasteiger partial charge is 0.313 e. The average Bonchev–Trinajstić information content (AvgIpc) is 2.48. The van der Waals surface area contributed by atoms with Crippen molar-refractivity contribution in [1.29, 1.82) is 0 Å². The maximum Gasteiger partial charge on any atom is 0.294 e. The van der Waals surface area contributed by atoms with Crippen LogP contribution in [-0.4, -0.2) is 16.6 Å². The molecule has 108 valence electrons. The van der Waals surface area contributed by atoms with Crippen molar-refractivity contribution in [2.45, 2.75) is 13.3 Å². The fourth-order valence-corrected chi connectivity index (χ4v) is 2.50. The Bertz CT molecular complexity index is 758. The number of hydrogen-bond acceptors (Lipinski definition) is 4. The number of nitro groups is 1. The number of fused-ring (bicyclic) bond motifs is 1. The SMILES string of the molecule is CCC(=O)C(=O)Nc1c([N+](=O)[O-])cc(Br)c2ccccc12. The Kier molecular flexibility index (Phi) is 4.32. The molecule has 1 N–H and O–H groups in total. The molecule has 0 heterocycles. The number of Topliss-reactive ketones (excluding diaryl/α,β-unsaturated/α-hetero) is 1. The number of nitrogens with zero attached hydrogens (tertiary/aromatic N) is 1.